The van der Waals surface area contributed by atoms with Crippen molar-refractivity contribution in [3.8, 4) is 0 Å². The SMILES string of the molecule is CCOC(=O)CCC1=CCC(C(C)C)C(C)C1. The van der Waals surface area contributed by atoms with Gasteiger partial charge in [0, 0.05) is 6.42 Å². The van der Waals surface area contributed by atoms with E-state index < -0.39 is 0 Å². The maximum Gasteiger partial charge on any atom is 0.306 e. The Bertz CT molecular complexity index is 279. The van der Waals surface area contributed by atoms with Crippen molar-refractivity contribution in [1.82, 2.24) is 0 Å². The van der Waals surface area contributed by atoms with Crippen LogP contribution in [-0.4, -0.2) is 12.6 Å². The summed E-state index contributed by atoms with van der Waals surface area (Å²) in [6.07, 6.45) is 6.11. The minimum absolute atomic E-state index is 0.0629. The quantitative estimate of drug-likeness (QED) is 0.535. The summed E-state index contributed by atoms with van der Waals surface area (Å²) in [6, 6.07) is 0. The second kappa shape index (κ2) is 6.83. The van der Waals surface area contributed by atoms with Gasteiger partial charge in [0.25, 0.3) is 0 Å². The van der Waals surface area contributed by atoms with Crippen molar-refractivity contribution in [3.63, 3.8) is 0 Å². The molecule has 1 aliphatic rings. The van der Waals surface area contributed by atoms with E-state index in [1.807, 2.05) is 6.92 Å². The molecule has 0 radical (unpaired) electrons. The van der Waals surface area contributed by atoms with Gasteiger partial charge in [0.1, 0.15) is 0 Å². The zero-order valence-corrected chi connectivity index (χ0v) is 11.7. The van der Waals surface area contributed by atoms with E-state index in [0.29, 0.717) is 13.0 Å². The number of allylic oxidation sites excluding steroid dienone is 2. The van der Waals surface area contributed by atoms with Crippen LogP contribution in [0.3, 0.4) is 0 Å². The fourth-order valence-electron chi connectivity index (χ4n) is 2.81. The largest absolute Gasteiger partial charge is 0.466 e. The Balaban J connectivity index is 2.39. The second-order valence-electron chi connectivity index (χ2n) is 5.49. The normalized spacial score (nSPS) is 24.6. The highest BCUT2D eigenvalue weighted by atomic mass is 16.5. The van der Waals surface area contributed by atoms with Crippen LogP contribution in [0.2, 0.25) is 0 Å². The van der Waals surface area contributed by atoms with Crippen LogP contribution < -0.4 is 0 Å². The van der Waals surface area contributed by atoms with E-state index >= 15 is 0 Å². The third kappa shape index (κ3) is 4.53. The van der Waals surface area contributed by atoms with Gasteiger partial charge in [0.05, 0.1) is 6.61 Å². The first-order valence-corrected chi connectivity index (χ1v) is 6.88. The highest BCUT2D eigenvalue weighted by Crippen LogP contribution is 2.35. The molecule has 2 atom stereocenters. The topological polar surface area (TPSA) is 26.3 Å². The summed E-state index contributed by atoms with van der Waals surface area (Å²) in [4.78, 5) is 11.3. The summed E-state index contributed by atoms with van der Waals surface area (Å²) in [7, 11) is 0. The number of carbonyl (C=O) groups is 1. The molecule has 0 N–H and O–H groups in total. The van der Waals surface area contributed by atoms with E-state index in [1.165, 1.54) is 12.0 Å². The van der Waals surface area contributed by atoms with Crippen LogP contribution in [0.25, 0.3) is 0 Å². The number of hydrogen-bond donors (Lipinski definition) is 0. The number of ether oxygens (including phenoxy) is 1. The van der Waals surface area contributed by atoms with Crippen LogP contribution in [0.5, 0.6) is 0 Å². The molecule has 98 valence electrons. The summed E-state index contributed by atoms with van der Waals surface area (Å²) in [5.41, 5.74) is 1.45. The summed E-state index contributed by atoms with van der Waals surface area (Å²) < 4.78 is 4.95. The average Bonchev–Trinajstić information content (AvgIpc) is 2.26. The van der Waals surface area contributed by atoms with Crippen molar-refractivity contribution >= 4 is 5.97 Å². The van der Waals surface area contributed by atoms with Crippen LogP contribution in [0.15, 0.2) is 11.6 Å². The fraction of sp³-hybridized carbons (Fsp3) is 0.800. The lowest BCUT2D eigenvalue weighted by Crippen LogP contribution is -2.21. The molecular formula is C15H26O2. The van der Waals surface area contributed by atoms with Crippen molar-refractivity contribution in [3.05, 3.63) is 11.6 Å². The fourth-order valence-corrected chi connectivity index (χ4v) is 2.81. The van der Waals surface area contributed by atoms with Crippen LogP contribution in [0.1, 0.15) is 53.4 Å². The van der Waals surface area contributed by atoms with Gasteiger partial charge in [0.2, 0.25) is 0 Å². The monoisotopic (exact) mass is 238 g/mol. The van der Waals surface area contributed by atoms with Gasteiger partial charge in [-0.1, -0.05) is 32.4 Å². The van der Waals surface area contributed by atoms with E-state index in [1.54, 1.807) is 0 Å². The van der Waals surface area contributed by atoms with E-state index in [0.717, 1.165) is 30.6 Å². The predicted molar refractivity (Wildman–Crippen MR) is 70.7 cm³/mol. The van der Waals surface area contributed by atoms with Crippen molar-refractivity contribution in [1.29, 1.82) is 0 Å². The minimum atomic E-state index is -0.0629. The Labute approximate surface area is 105 Å². The average molecular weight is 238 g/mol. The molecule has 0 bridgehead atoms. The van der Waals surface area contributed by atoms with Gasteiger partial charge in [-0.25, -0.2) is 0 Å². The van der Waals surface area contributed by atoms with Crippen LogP contribution in [0.4, 0.5) is 0 Å². The van der Waals surface area contributed by atoms with E-state index in [9.17, 15) is 4.79 Å². The standard InChI is InChI=1S/C15H26O2/c1-5-17-15(16)9-7-13-6-8-14(11(2)3)12(4)10-13/h6,11-12,14H,5,7-10H2,1-4H3. The zero-order valence-electron chi connectivity index (χ0n) is 11.7. The maximum atomic E-state index is 11.3. The molecule has 0 amide bonds. The third-order valence-electron chi connectivity index (χ3n) is 3.81. The van der Waals surface area contributed by atoms with Crippen LogP contribution in [-0.2, 0) is 9.53 Å². The van der Waals surface area contributed by atoms with Crippen molar-refractivity contribution in [2.45, 2.75) is 53.4 Å². The molecule has 0 aromatic rings. The van der Waals surface area contributed by atoms with Gasteiger partial charge in [-0.2, -0.15) is 0 Å². The first-order valence-electron chi connectivity index (χ1n) is 6.88. The molecule has 0 aromatic carbocycles. The minimum Gasteiger partial charge on any atom is -0.466 e. The predicted octanol–water partition coefficient (Wildman–Crippen LogP) is 3.96. The molecule has 0 aromatic heterocycles. The highest BCUT2D eigenvalue weighted by Gasteiger charge is 2.24. The van der Waals surface area contributed by atoms with Crippen molar-refractivity contribution < 1.29 is 9.53 Å². The van der Waals surface area contributed by atoms with Crippen molar-refractivity contribution in [2.24, 2.45) is 17.8 Å². The number of rotatable bonds is 5. The third-order valence-corrected chi connectivity index (χ3v) is 3.81. The molecule has 0 saturated carbocycles. The molecule has 2 heteroatoms. The summed E-state index contributed by atoms with van der Waals surface area (Å²) in [5.74, 6) is 2.25. The zero-order chi connectivity index (χ0) is 12.8. The number of hydrogen-bond acceptors (Lipinski definition) is 2. The molecule has 0 heterocycles. The molecule has 2 unspecified atom stereocenters. The number of esters is 1. The summed E-state index contributed by atoms with van der Waals surface area (Å²) in [6.45, 7) is 9.29. The first kappa shape index (κ1) is 14.3. The Morgan fingerprint density at radius 3 is 2.76 bits per heavy atom. The van der Waals surface area contributed by atoms with E-state index in [-0.39, 0.29) is 5.97 Å². The molecule has 2 nitrogen and oxygen atoms in total. The van der Waals surface area contributed by atoms with E-state index in [2.05, 4.69) is 26.8 Å². The molecule has 0 aliphatic heterocycles. The number of carbonyl (C=O) groups excluding carboxylic acids is 1. The first-order chi connectivity index (χ1) is 8.04. The van der Waals surface area contributed by atoms with Gasteiger partial charge in [-0.3, -0.25) is 4.79 Å². The molecule has 0 fully saturated rings. The molecule has 17 heavy (non-hydrogen) atoms. The van der Waals surface area contributed by atoms with Crippen LogP contribution in [0, 0.1) is 17.8 Å². The Morgan fingerprint density at radius 2 is 2.24 bits per heavy atom. The maximum absolute atomic E-state index is 11.3. The Hall–Kier alpha value is -0.790. The molecule has 0 spiro atoms. The highest BCUT2D eigenvalue weighted by molar-refractivity contribution is 5.69. The lowest BCUT2D eigenvalue weighted by atomic mass is 9.74. The molecule has 1 aliphatic carbocycles. The van der Waals surface area contributed by atoms with Gasteiger partial charge < -0.3 is 4.74 Å². The summed E-state index contributed by atoms with van der Waals surface area (Å²) in [5, 5.41) is 0. The lowest BCUT2D eigenvalue weighted by Gasteiger charge is -2.31. The van der Waals surface area contributed by atoms with Gasteiger partial charge >= 0.3 is 5.97 Å². The second-order valence-corrected chi connectivity index (χ2v) is 5.49. The van der Waals surface area contributed by atoms with Crippen LogP contribution >= 0.6 is 0 Å². The van der Waals surface area contributed by atoms with Gasteiger partial charge in [0.15, 0.2) is 0 Å². The van der Waals surface area contributed by atoms with Gasteiger partial charge in [-0.05, 0) is 43.9 Å². The Morgan fingerprint density at radius 1 is 1.53 bits per heavy atom. The van der Waals surface area contributed by atoms with Gasteiger partial charge in [-0.15, -0.1) is 0 Å². The molecular weight excluding hydrogens is 212 g/mol. The molecule has 0 saturated heterocycles. The smallest absolute Gasteiger partial charge is 0.306 e. The summed E-state index contributed by atoms with van der Waals surface area (Å²) >= 11 is 0. The lowest BCUT2D eigenvalue weighted by molar-refractivity contribution is -0.143. The Kier molecular flexibility index (Phi) is 5.73. The molecule has 1 rings (SSSR count). The van der Waals surface area contributed by atoms with E-state index in [4.69, 9.17) is 4.74 Å². The van der Waals surface area contributed by atoms with Crippen molar-refractivity contribution in [2.75, 3.05) is 6.61 Å².